The highest BCUT2D eigenvalue weighted by Crippen LogP contribution is 2.26. The van der Waals surface area contributed by atoms with Gasteiger partial charge in [-0.1, -0.05) is 6.92 Å². The van der Waals surface area contributed by atoms with E-state index in [0.29, 0.717) is 18.7 Å². The quantitative estimate of drug-likeness (QED) is 0.626. The molecule has 1 aliphatic heterocycles. The lowest BCUT2D eigenvalue weighted by Gasteiger charge is -2.42. The van der Waals surface area contributed by atoms with Crippen molar-refractivity contribution in [2.75, 3.05) is 19.8 Å². The molecule has 1 fully saturated rings. The van der Waals surface area contributed by atoms with Crippen LogP contribution < -0.4 is 11.1 Å². The molecule has 0 aromatic heterocycles. The van der Waals surface area contributed by atoms with Gasteiger partial charge in [-0.15, -0.1) is 0 Å². The minimum atomic E-state index is 0.00745. The van der Waals surface area contributed by atoms with Crippen molar-refractivity contribution in [1.29, 1.82) is 0 Å². The summed E-state index contributed by atoms with van der Waals surface area (Å²) >= 11 is 0. The highest BCUT2D eigenvalue weighted by atomic mass is 16.5. The number of rotatable bonds is 6. The van der Waals surface area contributed by atoms with Crippen molar-refractivity contribution in [3.63, 3.8) is 0 Å². The molecule has 0 bridgehead atoms. The first kappa shape index (κ1) is 13.9. The van der Waals surface area contributed by atoms with Crippen LogP contribution in [0.2, 0.25) is 0 Å². The van der Waals surface area contributed by atoms with E-state index in [1.807, 2.05) is 0 Å². The maximum Gasteiger partial charge on any atom is 0.0590 e. The molecule has 16 heavy (non-hydrogen) atoms. The van der Waals surface area contributed by atoms with Gasteiger partial charge in [0.05, 0.1) is 6.10 Å². The highest BCUT2D eigenvalue weighted by Gasteiger charge is 2.35. The van der Waals surface area contributed by atoms with Gasteiger partial charge in [-0.3, -0.25) is 0 Å². The molecule has 0 radical (unpaired) electrons. The Balaban J connectivity index is 2.54. The van der Waals surface area contributed by atoms with E-state index in [-0.39, 0.29) is 12.1 Å². The maximum absolute atomic E-state index is 8.93. The fraction of sp³-hybridized carbons (Fsp3) is 1.00. The van der Waals surface area contributed by atoms with Crippen molar-refractivity contribution in [3.8, 4) is 0 Å². The summed E-state index contributed by atoms with van der Waals surface area (Å²) in [4.78, 5) is 0. The van der Waals surface area contributed by atoms with Crippen LogP contribution in [0.4, 0.5) is 0 Å². The second kappa shape index (κ2) is 6.55. The number of nitrogens with one attached hydrogen (secondary N) is 1. The molecule has 1 heterocycles. The highest BCUT2D eigenvalue weighted by molar-refractivity contribution is 4.95. The van der Waals surface area contributed by atoms with Crippen LogP contribution in [-0.2, 0) is 4.74 Å². The zero-order valence-corrected chi connectivity index (χ0v) is 10.5. The van der Waals surface area contributed by atoms with Crippen LogP contribution >= 0.6 is 0 Å². The molecule has 1 aliphatic rings. The Morgan fingerprint density at radius 3 is 2.94 bits per heavy atom. The predicted molar refractivity (Wildman–Crippen MR) is 65.4 cm³/mol. The first-order valence-electron chi connectivity index (χ1n) is 6.36. The molecule has 4 heteroatoms. The number of ether oxygens (including phenoxy) is 1. The zero-order chi connectivity index (χ0) is 12.0. The van der Waals surface area contributed by atoms with Gasteiger partial charge in [0.2, 0.25) is 0 Å². The number of hydrogen-bond acceptors (Lipinski definition) is 4. The van der Waals surface area contributed by atoms with Crippen molar-refractivity contribution in [3.05, 3.63) is 0 Å². The van der Waals surface area contributed by atoms with Gasteiger partial charge in [0.25, 0.3) is 0 Å². The van der Waals surface area contributed by atoms with Gasteiger partial charge >= 0.3 is 0 Å². The van der Waals surface area contributed by atoms with Gasteiger partial charge in [-0.25, -0.2) is 0 Å². The van der Waals surface area contributed by atoms with Crippen molar-refractivity contribution in [2.24, 2.45) is 5.73 Å². The Morgan fingerprint density at radius 1 is 1.62 bits per heavy atom. The van der Waals surface area contributed by atoms with E-state index in [0.717, 1.165) is 32.3 Å². The maximum atomic E-state index is 8.93. The second-order valence-electron chi connectivity index (χ2n) is 4.90. The van der Waals surface area contributed by atoms with Crippen molar-refractivity contribution in [1.82, 2.24) is 5.32 Å². The number of aliphatic hydroxyl groups is 1. The topological polar surface area (TPSA) is 67.5 Å². The van der Waals surface area contributed by atoms with Gasteiger partial charge < -0.3 is 20.9 Å². The fourth-order valence-electron chi connectivity index (χ4n) is 2.44. The molecular weight excluding hydrogens is 204 g/mol. The average molecular weight is 230 g/mol. The van der Waals surface area contributed by atoms with Crippen molar-refractivity contribution < 1.29 is 9.84 Å². The first-order valence-corrected chi connectivity index (χ1v) is 6.36. The molecule has 1 saturated heterocycles. The van der Waals surface area contributed by atoms with Crippen molar-refractivity contribution >= 4 is 0 Å². The molecule has 0 aromatic carbocycles. The third-order valence-corrected chi connectivity index (χ3v) is 3.51. The molecular formula is C12H26N2O2. The molecule has 3 atom stereocenters. The summed E-state index contributed by atoms with van der Waals surface area (Å²) in [5, 5.41) is 12.5. The van der Waals surface area contributed by atoms with Gasteiger partial charge in [0.1, 0.15) is 0 Å². The molecule has 0 aliphatic carbocycles. The zero-order valence-electron chi connectivity index (χ0n) is 10.5. The SMILES string of the molecule is CCC1CC(CN)(NC(C)CCO)CCO1. The summed E-state index contributed by atoms with van der Waals surface area (Å²) in [7, 11) is 0. The van der Waals surface area contributed by atoms with Gasteiger partial charge in [0, 0.05) is 31.3 Å². The van der Waals surface area contributed by atoms with E-state index >= 15 is 0 Å². The minimum absolute atomic E-state index is 0.00745. The Hall–Kier alpha value is -0.160. The number of nitrogens with two attached hydrogens (primary N) is 1. The van der Waals surface area contributed by atoms with E-state index in [9.17, 15) is 0 Å². The molecule has 1 rings (SSSR count). The van der Waals surface area contributed by atoms with E-state index in [1.54, 1.807) is 0 Å². The van der Waals surface area contributed by atoms with Crippen LogP contribution in [0, 0.1) is 0 Å². The van der Waals surface area contributed by atoms with Crippen LogP contribution in [0.25, 0.3) is 0 Å². The standard InChI is InChI=1S/C12H26N2O2/c1-3-11-8-12(9-13,5-7-16-11)14-10(2)4-6-15/h10-11,14-15H,3-9,13H2,1-2H3. The average Bonchev–Trinajstić information content (AvgIpc) is 2.29. The lowest BCUT2D eigenvalue weighted by Crippen LogP contribution is -2.59. The molecule has 4 nitrogen and oxygen atoms in total. The van der Waals surface area contributed by atoms with E-state index in [4.69, 9.17) is 15.6 Å². The van der Waals surface area contributed by atoms with Crippen LogP contribution in [0.5, 0.6) is 0 Å². The molecule has 0 saturated carbocycles. The summed E-state index contributed by atoms with van der Waals surface area (Å²) < 4.78 is 5.68. The second-order valence-corrected chi connectivity index (χ2v) is 4.90. The smallest absolute Gasteiger partial charge is 0.0590 e. The third kappa shape index (κ3) is 3.70. The predicted octanol–water partition coefficient (Wildman–Crippen LogP) is 0.633. The van der Waals surface area contributed by atoms with Gasteiger partial charge in [0.15, 0.2) is 0 Å². The van der Waals surface area contributed by atoms with Gasteiger partial charge in [-0.2, -0.15) is 0 Å². The molecule has 96 valence electrons. The Labute approximate surface area is 98.5 Å². The van der Waals surface area contributed by atoms with Crippen LogP contribution in [-0.4, -0.2) is 42.5 Å². The van der Waals surface area contributed by atoms with E-state index in [1.165, 1.54) is 0 Å². The van der Waals surface area contributed by atoms with Crippen LogP contribution in [0.15, 0.2) is 0 Å². The van der Waals surface area contributed by atoms with Crippen LogP contribution in [0.1, 0.15) is 39.5 Å². The molecule has 0 aromatic rings. The van der Waals surface area contributed by atoms with Crippen molar-refractivity contribution in [2.45, 2.75) is 57.2 Å². The fourth-order valence-corrected chi connectivity index (χ4v) is 2.44. The lowest BCUT2D eigenvalue weighted by atomic mass is 9.85. The van der Waals surface area contributed by atoms with E-state index in [2.05, 4.69) is 19.2 Å². The monoisotopic (exact) mass is 230 g/mol. The molecule has 0 spiro atoms. The summed E-state index contributed by atoms with van der Waals surface area (Å²) in [5.41, 5.74) is 5.93. The van der Waals surface area contributed by atoms with Gasteiger partial charge in [-0.05, 0) is 32.6 Å². The summed E-state index contributed by atoms with van der Waals surface area (Å²) in [6.07, 6.45) is 4.09. The number of aliphatic hydroxyl groups excluding tert-OH is 1. The normalized spacial score (nSPS) is 32.6. The lowest BCUT2D eigenvalue weighted by molar-refractivity contribution is -0.0310. The molecule has 3 unspecified atom stereocenters. The van der Waals surface area contributed by atoms with E-state index < -0.39 is 0 Å². The molecule has 4 N–H and O–H groups in total. The molecule has 0 amide bonds. The Morgan fingerprint density at radius 2 is 2.38 bits per heavy atom. The summed E-state index contributed by atoms with van der Waals surface area (Å²) in [5.74, 6) is 0. The number of hydrogen-bond donors (Lipinski definition) is 3. The summed E-state index contributed by atoms with van der Waals surface area (Å²) in [6.45, 7) is 5.90. The minimum Gasteiger partial charge on any atom is -0.396 e. The first-order chi connectivity index (χ1) is 7.65. The third-order valence-electron chi connectivity index (χ3n) is 3.51. The Bertz CT molecular complexity index is 201. The summed E-state index contributed by atoms with van der Waals surface area (Å²) in [6, 6.07) is 0.309. The van der Waals surface area contributed by atoms with Crippen LogP contribution in [0.3, 0.4) is 0 Å². The largest absolute Gasteiger partial charge is 0.396 e. The Kier molecular flexibility index (Phi) is 5.69.